The van der Waals surface area contributed by atoms with Gasteiger partial charge in [-0.1, -0.05) is 39.3 Å². The van der Waals surface area contributed by atoms with Gasteiger partial charge in [0.25, 0.3) is 0 Å². The third-order valence-corrected chi connectivity index (χ3v) is 5.45. The second-order valence-corrected chi connectivity index (χ2v) is 7.33. The van der Waals surface area contributed by atoms with E-state index in [0.29, 0.717) is 31.3 Å². The van der Waals surface area contributed by atoms with E-state index in [9.17, 15) is 14.3 Å². The molecule has 1 N–H and O–H groups in total. The molecule has 1 aliphatic heterocycles. The van der Waals surface area contributed by atoms with E-state index in [1.807, 2.05) is 4.90 Å². The summed E-state index contributed by atoms with van der Waals surface area (Å²) in [6, 6.07) is 6.06. The van der Waals surface area contributed by atoms with Gasteiger partial charge in [-0.25, -0.2) is 4.39 Å². The van der Waals surface area contributed by atoms with Crippen LogP contribution in [0.1, 0.15) is 58.1 Å². The number of aliphatic hydroxyl groups excluding tert-OH is 1. The van der Waals surface area contributed by atoms with Gasteiger partial charge in [0.15, 0.2) is 0 Å². The summed E-state index contributed by atoms with van der Waals surface area (Å²) < 4.78 is 13.0. The summed E-state index contributed by atoms with van der Waals surface area (Å²) in [4.78, 5) is 14.4. The number of nitrogens with zero attached hydrogens (tertiary/aromatic N) is 1. The SMILES string of the molecule is CCC(CC(=O)N1CCC(C(O)c2ccc(F)cc2)CC1)C(C)C. The number of likely N-dealkylation sites (tertiary alicyclic amines) is 1. The average Bonchev–Trinajstić information content (AvgIpc) is 2.59. The maximum atomic E-state index is 13.0. The van der Waals surface area contributed by atoms with Crippen LogP contribution in [0.5, 0.6) is 0 Å². The molecule has 0 saturated carbocycles. The van der Waals surface area contributed by atoms with Gasteiger partial charge in [-0.3, -0.25) is 4.79 Å². The predicted octanol–water partition coefficient (Wildman–Crippen LogP) is 4.17. The van der Waals surface area contributed by atoms with Gasteiger partial charge < -0.3 is 10.0 Å². The molecule has 4 heteroatoms. The Labute approximate surface area is 144 Å². The van der Waals surface area contributed by atoms with Gasteiger partial charge in [-0.15, -0.1) is 0 Å². The Hall–Kier alpha value is -1.42. The van der Waals surface area contributed by atoms with Crippen molar-refractivity contribution in [3.8, 4) is 0 Å². The molecule has 1 saturated heterocycles. The highest BCUT2D eigenvalue weighted by atomic mass is 19.1. The first-order valence-corrected chi connectivity index (χ1v) is 9.13. The minimum Gasteiger partial charge on any atom is -0.388 e. The molecule has 1 heterocycles. The van der Waals surface area contributed by atoms with E-state index < -0.39 is 6.10 Å². The number of carbonyl (C=O) groups excluding carboxylic acids is 1. The molecule has 3 nitrogen and oxygen atoms in total. The number of carbonyl (C=O) groups is 1. The topological polar surface area (TPSA) is 40.5 Å². The first-order valence-electron chi connectivity index (χ1n) is 9.13. The first-order chi connectivity index (χ1) is 11.4. The van der Waals surface area contributed by atoms with Gasteiger partial charge in [-0.2, -0.15) is 0 Å². The van der Waals surface area contributed by atoms with Crippen LogP contribution >= 0.6 is 0 Å². The number of rotatable bonds is 6. The molecule has 0 radical (unpaired) electrons. The lowest BCUT2D eigenvalue weighted by Gasteiger charge is -2.35. The van der Waals surface area contributed by atoms with Crippen LogP contribution in [-0.2, 0) is 4.79 Å². The standard InChI is InChI=1S/C20H30FNO2/c1-4-15(14(2)3)13-19(23)22-11-9-17(10-12-22)20(24)16-5-7-18(21)8-6-16/h5-8,14-15,17,20,24H,4,9-13H2,1-3H3. The Morgan fingerprint density at radius 1 is 1.25 bits per heavy atom. The molecule has 2 atom stereocenters. The van der Waals surface area contributed by atoms with Crippen molar-refractivity contribution in [2.45, 2.75) is 52.6 Å². The minimum absolute atomic E-state index is 0.131. The molecule has 1 fully saturated rings. The van der Waals surface area contributed by atoms with E-state index in [-0.39, 0.29) is 17.6 Å². The van der Waals surface area contributed by atoms with Crippen molar-refractivity contribution in [1.82, 2.24) is 4.90 Å². The van der Waals surface area contributed by atoms with Gasteiger partial charge in [0.05, 0.1) is 6.10 Å². The summed E-state index contributed by atoms with van der Waals surface area (Å²) in [6.45, 7) is 7.90. The van der Waals surface area contributed by atoms with Crippen molar-refractivity contribution >= 4 is 5.91 Å². The molecule has 24 heavy (non-hydrogen) atoms. The summed E-state index contributed by atoms with van der Waals surface area (Å²) >= 11 is 0. The first kappa shape index (κ1) is 18.9. The monoisotopic (exact) mass is 335 g/mol. The summed E-state index contributed by atoms with van der Waals surface area (Å²) in [5.41, 5.74) is 0.757. The van der Waals surface area contributed by atoms with Crippen molar-refractivity contribution in [1.29, 1.82) is 0 Å². The van der Waals surface area contributed by atoms with Gasteiger partial charge in [0.2, 0.25) is 5.91 Å². The molecule has 1 amide bonds. The van der Waals surface area contributed by atoms with Crippen LogP contribution in [0.4, 0.5) is 4.39 Å². The second kappa shape index (κ2) is 8.61. The fourth-order valence-corrected chi connectivity index (χ4v) is 3.60. The minimum atomic E-state index is -0.582. The third kappa shape index (κ3) is 4.79. The van der Waals surface area contributed by atoms with Crippen molar-refractivity contribution in [2.24, 2.45) is 17.8 Å². The number of amides is 1. The van der Waals surface area contributed by atoms with E-state index in [0.717, 1.165) is 24.8 Å². The lowest BCUT2D eigenvalue weighted by atomic mass is 9.86. The molecule has 0 aromatic heterocycles. The van der Waals surface area contributed by atoms with Gasteiger partial charge in [0.1, 0.15) is 5.82 Å². The maximum absolute atomic E-state index is 13.0. The zero-order valence-corrected chi connectivity index (χ0v) is 15.0. The smallest absolute Gasteiger partial charge is 0.222 e. The highest BCUT2D eigenvalue weighted by molar-refractivity contribution is 5.76. The number of hydrogen-bond acceptors (Lipinski definition) is 2. The van der Waals surface area contributed by atoms with Crippen molar-refractivity contribution in [3.05, 3.63) is 35.6 Å². The molecule has 1 aliphatic rings. The van der Waals surface area contributed by atoms with E-state index in [1.165, 1.54) is 12.1 Å². The van der Waals surface area contributed by atoms with Crippen LogP contribution in [0.3, 0.4) is 0 Å². The fraction of sp³-hybridized carbons (Fsp3) is 0.650. The molecule has 1 aromatic carbocycles. The van der Waals surface area contributed by atoms with Crippen LogP contribution in [-0.4, -0.2) is 29.0 Å². The van der Waals surface area contributed by atoms with E-state index in [1.54, 1.807) is 12.1 Å². The Bertz CT molecular complexity index is 521. The van der Waals surface area contributed by atoms with E-state index in [4.69, 9.17) is 0 Å². The molecule has 134 valence electrons. The van der Waals surface area contributed by atoms with E-state index >= 15 is 0 Å². The zero-order chi connectivity index (χ0) is 17.7. The van der Waals surface area contributed by atoms with Gasteiger partial charge >= 0.3 is 0 Å². The highest BCUT2D eigenvalue weighted by Crippen LogP contribution is 2.31. The molecular formula is C20H30FNO2. The van der Waals surface area contributed by atoms with Crippen LogP contribution in [0.2, 0.25) is 0 Å². The Morgan fingerprint density at radius 2 is 1.83 bits per heavy atom. The number of benzene rings is 1. The lowest BCUT2D eigenvalue weighted by molar-refractivity contribution is -0.134. The highest BCUT2D eigenvalue weighted by Gasteiger charge is 2.29. The van der Waals surface area contributed by atoms with Crippen LogP contribution in [0.15, 0.2) is 24.3 Å². The second-order valence-electron chi connectivity index (χ2n) is 7.33. The predicted molar refractivity (Wildman–Crippen MR) is 93.9 cm³/mol. The summed E-state index contributed by atoms with van der Waals surface area (Å²) in [6.07, 6.45) is 2.66. The van der Waals surface area contributed by atoms with E-state index in [2.05, 4.69) is 20.8 Å². The molecule has 0 aliphatic carbocycles. The largest absolute Gasteiger partial charge is 0.388 e. The molecule has 2 rings (SSSR count). The fourth-order valence-electron chi connectivity index (χ4n) is 3.60. The molecule has 2 unspecified atom stereocenters. The molecule has 0 spiro atoms. The van der Waals surface area contributed by atoms with Crippen molar-refractivity contribution in [3.63, 3.8) is 0 Å². The van der Waals surface area contributed by atoms with Crippen molar-refractivity contribution in [2.75, 3.05) is 13.1 Å². The Morgan fingerprint density at radius 3 is 2.33 bits per heavy atom. The summed E-state index contributed by atoms with van der Waals surface area (Å²) in [5.74, 6) is 1.05. The third-order valence-electron chi connectivity index (χ3n) is 5.45. The number of halogens is 1. The molecule has 0 bridgehead atoms. The summed E-state index contributed by atoms with van der Waals surface area (Å²) in [5, 5.41) is 10.5. The maximum Gasteiger partial charge on any atom is 0.222 e. The van der Waals surface area contributed by atoms with Gasteiger partial charge in [0, 0.05) is 19.5 Å². The molecular weight excluding hydrogens is 305 g/mol. The Balaban J connectivity index is 1.86. The number of aliphatic hydroxyl groups is 1. The average molecular weight is 335 g/mol. The zero-order valence-electron chi connectivity index (χ0n) is 15.0. The normalized spacial score (nSPS) is 18.7. The van der Waals surface area contributed by atoms with Gasteiger partial charge in [-0.05, 0) is 48.3 Å². The summed E-state index contributed by atoms with van der Waals surface area (Å²) in [7, 11) is 0. The lowest BCUT2D eigenvalue weighted by Crippen LogP contribution is -2.40. The van der Waals surface area contributed by atoms with Crippen molar-refractivity contribution < 1.29 is 14.3 Å². The molecule has 1 aromatic rings. The van der Waals surface area contributed by atoms with Crippen LogP contribution < -0.4 is 0 Å². The Kier molecular flexibility index (Phi) is 6.79. The number of hydrogen-bond donors (Lipinski definition) is 1. The van der Waals surface area contributed by atoms with Crippen LogP contribution in [0, 0.1) is 23.6 Å². The van der Waals surface area contributed by atoms with Crippen LogP contribution in [0.25, 0.3) is 0 Å². The number of piperidine rings is 1. The quantitative estimate of drug-likeness (QED) is 0.847.